The van der Waals surface area contributed by atoms with E-state index < -0.39 is 12.3 Å². The number of aliphatic carboxylic acids is 1. The monoisotopic (exact) mass is 228 g/mol. The Hall–Kier alpha value is -1.36. The molecule has 0 atom stereocenters. The van der Waals surface area contributed by atoms with E-state index in [1.54, 1.807) is 6.07 Å². The van der Waals surface area contributed by atoms with Gasteiger partial charge >= 0.3 is 5.97 Å². The highest BCUT2D eigenvalue weighted by atomic mass is 35.5. The van der Waals surface area contributed by atoms with Gasteiger partial charge < -0.3 is 15.3 Å². The zero-order valence-corrected chi connectivity index (χ0v) is 8.35. The number of benzene rings is 1. The summed E-state index contributed by atoms with van der Waals surface area (Å²) in [7, 11) is 0. The van der Waals surface area contributed by atoms with Gasteiger partial charge in [-0.05, 0) is 17.7 Å². The van der Waals surface area contributed by atoms with Gasteiger partial charge in [-0.2, -0.15) is 0 Å². The Morgan fingerprint density at radius 1 is 1.40 bits per heavy atom. The number of carboxylic acids is 1. The summed E-state index contributed by atoms with van der Waals surface area (Å²) < 4.78 is 0. The number of aliphatic hydroxyl groups is 2. The van der Waals surface area contributed by atoms with E-state index in [1.807, 2.05) is 0 Å². The number of hydrogen-bond acceptors (Lipinski definition) is 3. The van der Waals surface area contributed by atoms with E-state index in [2.05, 4.69) is 0 Å². The Balaban J connectivity index is 2.96. The van der Waals surface area contributed by atoms with Crippen molar-refractivity contribution in [2.45, 2.75) is 6.29 Å². The summed E-state index contributed by atoms with van der Waals surface area (Å²) in [6.45, 7) is 0. The van der Waals surface area contributed by atoms with Crippen LogP contribution in [0.5, 0.6) is 0 Å². The molecule has 0 aliphatic carbocycles. The molecule has 5 heteroatoms. The average Bonchev–Trinajstić information content (AvgIpc) is 2.14. The van der Waals surface area contributed by atoms with Crippen molar-refractivity contribution in [3.63, 3.8) is 0 Å². The predicted octanol–water partition coefficient (Wildman–Crippen LogP) is 1.42. The summed E-state index contributed by atoms with van der Waals surface area (Å²) in [5.74, 6) is -1.06. The van der Waals surface area contributed by atoms with Crippen molar-refractivity contribution in [1.29, 1.82) is 0 Å². The molecule has 0 heterocycles. The molecule has 0 fully saturated rings. The summed E-state index contributed by atoms with van der Waals surface area (Å²) in [6, 6.07) is 4.42. The highest BCUT2D eigenvalue weighted by Gasteiger charge is 2.07. The third kappa shape index (κ3) is 3.36. The van der Waals surface area contributed by atoms with Gasteiger partial charge in [0.25, 0.3) is 0 Å². The van der Waals surface area contributed by atoms with Crippen LogP contribution in [0.1, 0.15) is 17.4 Å². The first-order valence-electron chi connectivity index (χ1n) is 4.07. The molecule has 1 aromatic rings. The van der Waals surface area contributed by atoms with Crippen molar-refractivity contribution >= 4 is 23.6 Å². The van der Waals surface area contributed by atoms with Crippen LogP contribution in [0.25, 0.3) is 6.08 Å². The molecule has 0 bridgehead atoms. The summed E-state index contributed by atoms with van der Waals surface area (Å²) in [4.78, 5) is 10.2. The molecule has 0 saturated heterocycles. The fraction of sp³-hybridized carbons (Fsp3) is 0.100. The van der Waals surface area contributed by atoms with Crippen molar-refractivity contribution in [2.75, 3.05) is 0 Å². The number of carbonyl (C=O) groups is 1. The molecule has 0 aliphatic rings. The molecule has 4 nitrogen and oxygen atoms in total. The Morgan fingerprint density at radius 3 is 2.53 bits per heavy atom. The van der Waals surface area contributed by atoms with Crippen molar-refractivity contribution in [1.82, 2.24) is 0 Å². The van der Waals surface area contributed by atoms with Gasteiger partial charge in [-0.3, -0.25) is 0 Å². The molecule has 1 aromatic carbocycles. The molecular formula is C10H9ClO4. The lowest BCUT2D eigenvalue weighted by molar-refractivity contribution is -0.131. The number of hydrogen-bond donors (Lipinski definition) is 3. The van der Waals surface area contributed by atoms with Crippen molar-refractivity contribution in [3.8, 4) is 0 Å². The molecule has 3 N–H and O–H groups in total. The second kappa shape index (κ2) is 4.93. The molecule has 1 rings (SSSR count). The van der Waals surface area contributed by atoms with Gasteiger partial charge in [-0.15, -0.1) is 0 Å². The minimum atomic E-state index is -1.63. The van der Waals surface area contributed by atoms with E-state index in [-0.39, 0.29) is 10.6 Å². The standard InChI is InChI=1S/C10H9ClO4/c11-8-5-6(2-4-9(12)13)1-3-7(8)10(14)15/h1-5,10,14-15H,(H,12,13)/b4-2+. The molecule has 0 aliphatic heterocycles. The zero-order chi connectivity index (χ0) is 11.4. The third-order valence-corrected chi connectivity index (χ3v) is 2.05. The van der Waals surface area contributed by atoms with Crippen LogP contribution in [-0.4, -0.2) is 21.3 Å². The number of halogens is 1. The first kappa shape index (κ1) is 11.7. The van der Waals surface area contributed by atoms with Crippen LogP contribution in [-0.2, 0) is 4.79 Å². The zero-order valence-electron chi connectivity index (χ0n) is 7.59. The molecule has 0 saturated carbocycles. The molecular weight excluding hydrogens is 220 g/mol. The normalized spacial score (nSPS) is 11.2. The molecule has 0 aromatic heterocycles. The van der Waals surface area contributed by atoms with Crippen LogP contribution in [0.3, 0.4) is 0 Å². The quantitative estimate of drug-likeness (QED) is 0.540. The molecule has 0 spiro atoms. The maximum atomic E-state index is 10.2. The Morgan fingerprint density at radius 2 is 2.07 bits per heavy atom. The smallest absolute Gasteiger partial charge is 0.328 e. The van der Waals surface area contributed by atoms with Crippen LogP contribution in [0.2, 0.25) is 5.02 Å². The minimum Gasteiger partial charge on any atom is -0.478 e. The summed E-state index contributed by atoms with van der Waals surface area (Å²) in [5, 5.41) is 26.3. The van der Waals surface area contributed by atoms with E-state index in [4.69, 9.17) is 26.9 Å². The second-order valence-corrected chi connectivity index (χ2v) is 3.23. The van der Waals surface area contributed by atoms with E-state index in [1.165, 1.54) is 18.2 Å². The van der Waals surface area contributed by atoms with E-state index >= 15 is 0 Å². The lowest BCUT2D eigenvalue weighted by atomic mass is 10.1. The van der Waals surface area contributed by atoms with Crippen LogP contribution >= 0.6 is 11.6 Å². The van der Waals surface area contributed by atoms with Crippen molar-refractivity contribution in [2.24, 2.45) is 0 Å². The lowest BCUT2D eigenvalue weighted by Gasteiger charge is -2.06. The fourth-order valence-electron chi connectivity index (χ4n) is 1.02. The molecule has 0 radical (unpaired) electrons. The van der Waals surface area contributed by atoms with Gasteiger partial charge in [0.15, 0.2) is 6.29 Å². The maximum absolute atomic E-state index is 10.2. The molecule has 15 heavy (non-hydrogen) atoms. The fourth-order valence-corrected chi connectivity index (χ4v) is 1.31. The molecule has 0 amide bonds. The summed E-state index contributed by atoms with van der Waals surface area (Å²) >= 11 is 5.74. The van der Waals surface area contributed by atoms with Crippen LogP contribution in [0, 0.1) is 0 Å². The summed E-state index contributed by atoms with van der Waals surface area (Å²) in [5.41, 5.74) is 0.760. The topological polar surface area (TPSA) is 77.8 Å². The maximum Gasteiger partial charge on any atom is 0.328 e. The average molecular weight is 229 g/mol. The largest absolute Gasteiger partial charge is 0.478 e. The Kier molecular flexibility index (Phi) is 3.85. The van der Waals surface area contributed by atoms with Gasteiger partial charge in [0.05, 0.1) is 0 Å². The van der Waals surface area contributed by atoms with Crippen LogP contribution in [0.4, 0.5) is 0 Å². The molecule has 80 valence electrons. The lowest BCUT2D eigenvalue weighted by Crippen LogP contribution is -1.95. The number of carboxylic acid groups (broad SMARTS) is 1. The SMILES string of the molecule is O=C(O)/C=C/c1ccc(C(O)O)c(Cl)c1. The third-order valence-electron chi connectivity index (χ3n) is 1.72. The van der Waals surface area contributed by atoms with Crippen LogP contribution < -0.4 is 0 Å². The molecule has 0 unspecified atom stereocenters. The van der Waals surface area contributed by atoms with E-state index in [0.717, 1.165) is 6.08 Å². The van der Waals surface area contributed by atoms with Gasteiger partial charge in [-0.25, -0.2) is 4.79 Å². The van der Waals surface area contributed by atoms with E-state index in [9.17, 15) is 4.79 Å². The minimum absolute atomic E-state index is 0.178. The van der Waals surface area contributed by atoms with Crippen molar-refractivity contribution in [3.05, 3.63) is 40.4 Å². The van der Waals surface area contributed by atoms with Gasteiger partial charge in [0.1, 0.15) is 0 Å². The Labute approximate surface area is 91.0 Å². The first-order chi connectivity index (χ1) is 7.00. The first-order valence-corrected chi connectivity index (χ1v) is 4.45. The Bertz CT molecular complexity index is 398. The van der Waals surface area contributed by atoms with Crippen LogP contribution in [0.15, 0.2) is 24.3 Å². The predicted molar refractivity (Wildman–Crippen MR) is 55.3 cm³/mol. The number of rotatable bonds is 3. The van der Waals surface area contributed by atoms with Gasteiger partial charge in [-0.1, -0.05) is 23.7 Å². The van der Waals surface area contributed by atoms with E-state index in [0.29, 0.717) is 5.56 Å². The highest BCUT2D eigenvalue weighted by Crippen LogP contribution is 2.23. The second-order valence-electron chi connectivity index (χ2n) is 2.83. The van der Waals surface area contributed by atoms with Gasteiger partial charge in [0, 0.05) is 16.7 Å². The summed E-state index contributed by atoms with van der Waals surface area (Å²) in [6.07, 6.45) is 0.706. The van der Waals surface area contributed by atoms with Gasteiger partial charge in [0.2, 0.25) is 0 Å². The number of aliphatic hydroxyl groups excluding tert-OH is 1. The van der Waals surface area contributed by atoms with Crippen molar-refractivity contribution < 1.29 is 20.1 Å². The highest BCUT2D eigenvalue weighted by molar-refractivity contribution is 6.31.